The van der Waals surface area contributed by atoms with Crippen molar-refractivity contribution < 1.29 is 23.0 Å². The molecule has 1 saturated carbocycles. The maximum atomic E-state index is 12.9. The minimum Gasteiger partial charge on any atom is -0.328 e. The van der Waals surface area contributed by atoms with Crippen molar-refractivity contribution in [1.82, 2.24) is 4.31 Å². The first kappa shape index (κ1) is 21.2. The zero-order valence-electron chi connectivity index (χ0n) is 17.0. The van der Waals surface area contributed by atoms with Crippen molar-refractivity contribution in [2.24, 2.45) is 0 Å². The molecule has 0 spiro atoms. The van der Waals surface area contributed by atoms with Crippen molar-refractivity contribution in [2.45, 2.75) is 43.0 Å². The Morgan fingerprint density at radius 1 is 1.07 bits per heavy atom. The molecule has 1 aliphatic carbocycles. The van der Waals surface area contributed by atoms with E-state index in [0.717, 1.165) is 51.9 Å². The summed E-state index contributed by atoms with van der Waals surface area (Å²) in [6.45, 7) is 4.64. The molecule has 28 heavy (non-hydrogen) atoms. The molecule has 1 aromatic rings. The van der Waals surface area contributed by atoms with Gasteiger partial charge in [-0.15, -0.1) is 0 Å². The number of nitrogens with one attached hydrogen (secondary N) is 3. The number of anilines is 1. The lowest BCUT2D eigenvalue weighted by atomic mass is 9.96. The molecule has 0 radical (unpaired) electrons. The van der Waals surface area contributed by atoms with Gasteiger partial charge in [0.1, 0.15) is 26.2 Å². The molecule has 0 aromatic heterocycles. The van der Waals surface area contributed by atoms with Crippen LogP contribution in [0.15, 0.2) is 29.2 Å². The molecule has 7 nitrogen and oxygen atoms in total. The Hall–Kier alpha value is -1.48. The quantitative estimate of drug-likeness (QED) is 0.563. The first-order valence-electron chi connectivity index (χ1n) is 10.4. The number of quaternary nitrogens is 2. The standard InChI is InChI=1S/C20H32N4O3S/c1-22-12-14-24(15-13-22)16-20(25)21-17-8-10-19(11-9-17)28(26,27)23(2)18-6-4-3-5-7-18/h8-11,18H,3-7,12-16H2,1-2H3,(H,21,25)/p+2. The Balaban J connectivity index is 1.57. The summed E-state index contributed by atoms with van der Waals surface area (Å²) in [6.07, 6.45) is 5.23. The van der Waals surface area contributed by atoms with E-state index in [2.05, 4.69) is 12.4 Å². The van der Waals surface area contributed by atoms with Gasteiger partial charge in [0.2, 0.25) is 10.0 Å². The average molecular weight is 411 g/mol. The normalized spacial score (nSPS) is 24.2. The molecule has 156 valence electrons. The summed E-state index contributed by atoms with van der Waals surface area (Å²) in [5.41, 5.74) is 0.642. The number of carbonyl (C=O) groups excluding carboxylic acids is 1. The summed E-state index contributed by atoms with van der Waals surface area (Å²) in [5, 5.41) is 2.90. The van der Waals surface area contributed by atoms with E-state index in [4.69, 9.17) is 0 Å². The van der Waals surface area contributed by atoms with Gasteiger partial charge < -0.3 is 15.1 Å². The van der Waals surface area contributed by atoms with Crippen LogP contribution in [-0.2, 0) is 14.8 Å². The van der Waals surface area contributed by atoms with Crippen molar-refractivity contribution in [3.8, 4) is 0 Å². The second-order valence-electron chi connectivity index (χ2n) is 8.27. The number of likely N-dealkylation sites (N-methyl/N-ethyl adjacent to an activating group) is 1. The fraction of sp³-hybridized carbons (Fsp3) is 0.650. The maximum absolute atomic E-state index is 12.9. The Labute approximate surface area is 168 Å². The number of benzene rings is 1. The number of piperazine rings is 1. The van der Waals surface area contributed by atoms with Crippen molar-refractivity contribution in [3.63, 3.8) is 0 Å². The smallest absolute Gasteiger partial charge is 0.279 e. The lowest BCUT2D eigenvalue weighted by Crippen LogP contribution is -3.27. The lowest BCUT2D eigenvalue weighted by molar-refractivity contribution is -0.999. The number of amides is 1. The van der Waals surface area contributed by atoms with E-state index in [1.165, 1.54) is 20.5 Å². The van der Waals surface area contributed by atoms with Crippen molar-refractivity contribution in [3.05, 3.63) is 24.3 Å². The molecule has 1 aromatic carbocycles. The summed E-state index contributed by atoms with van der Waals surface area (Å²) in [7, 11) is 0.363. The van der Waals surface area contributed by atoms with Gasteiger partial charge in [-0.2, -0.15) is 4.31 Å². The Bertz CT molecular complexity index is 752. The number of nitrogens with zero attached hydrogens (tertiary/aromatic N) is 1. The predicted molar refractivity (Wildman–Crippen MR) is 109 cm³/mol. The minimum atomic E-state index is -3.50. The van der Waals surface area contributed by atoms with Crippen LogP contribution >= 0.6 is 0 Å². The molecule has 3 N–H and O–H groups in total. The van der Waals surface area contributed by atoms with Crippen LogP contribution in [0.25, 0.3) is 0 Å². The van der Waals surface area contributed by atoms with E-state index in [-0.39, 0.29) is 16.8 Å². The maximum Gasteiger partial charge on any atom is 0.279 e. The summed E-state index contributed by atoms with van der Waals surface area (Å²) in [4.78, 5) is 15.4. The second kappa shape index (κ2) is 9.35. The van der Waals surface area contributed by atoms with Crippen molar-refractivity contribution in [2.75, 3.05) is 52.1 Å². The number of carbonyl (C=O) groups is 1. The monoisotopic (exact) mass is 410 g/mol. The number of hydrogen-bond acceptors (Lipinski definition) is 3. The largest absolute Gasteiger partial charge is 0.328 e. The molecule has 1 amide bonds. The van der Waals surface area contributed by atoms with E-state index in [1.807, 2.05) is 0 Å². The van der Waals surface area contributed by atoms with Gasteiger partial charge in [0.05, 0.1) is 11.9 Å². The van der Waals surface area contributed by atoms with Gasteiger partial charge in [-0.25, -0.2) is 8.42 Å². The Morgan fingerprint density at radius 3 is 2.29 bits per heavy atom. The number of sulfonamides is 1. The molecule has 2 aliphatic rings. The third kappa shape index (κ3) is 5.31. The third-order valence-electron chi connectivity index (χ3n) is 6.13. The van der Waals surface area contributed by atoms with E-state index in [9.17, 15) is 13.2 Å². The highest BCUT2D eigenvalue weighted by molar-refractivity contribution is 7.89. The van der Waals surface area contributed by atoms with E-state index in [0.29, 0.717) is 12.2 Å². The van der Waals surface area contributed by atoms with Crippen LogP contribution in [0.1, 0.15) is 32.1 Å². The van der Waals surface area contributed by atoms with Gasteiger partial charge in [-0.3, -0.25) is 4.79 Å². The first-order valence-corrected chi connectivity index (χ1v) is 11.8. The van der Waals surface area contributed by atoms with Crippen LogP contribution < -0.4 is 15.1 Å². The zero-order valence-corrected chi connectivity index (χ0v) is 17.9. The highest BCUT2D eigenvalue weighted by atomic mass is 32.2. The fourth-order valence-electron chi connectivity index (χ4n) is 4.16. The molecule has 1 saturated heterocycles. The van der Waals surface area contributed by atoms with Crippen LogP contribution in [0.3, 0.4) is 0 Å². The van der Waals surface area contributed by atoms with Gasteiger partial charge in [0, 0.05) is 18.8 Å². The van der Waals surface area contributed by atoms with Gasteiger partial charge in [-0.1, -0.05) is 19.3 Å². The molecule has 8 heteroatoms. The summed E-state index contributed by atoms with van der Waals surface area (Å²) in [6, 6.07) is 6.64. The molecular weight excluding hydrogens is 376 g/mol. The summed E-state index contributed by atoms with van der Waals surface area (Å²) in [5.74, 6) is -0.0236. The van der Waals surface area contributed by atoms with Crippen molar-refractivity contribution in [1.29, 1.82) is 0 Å². The Morgan fingerprint density at radius 2 is 1.68 bits per heavy atom. The molecule has 0 bridgehead atoms. The van der Waals surface area contributed by atoms with Gasteiger partial charge in [0.15, 0.2) is 6.54 Å². The molecule has 1 heterocycles. The molecule has 2 fully saturated rings. The van der Waals surface area contributed by atoms with E-state index >= 15 is 0 Å². The molecule has 0 atom stereocenters. The van der Waals surface area contributed by atoms with Crippen LogP contribution in [-0.4, -0.2) is 71.5 Å². The van der Waals surface area contributed by atoms with E-state index in [1.54, 1.807) is 31.3 Å². The highest BCUT2D eigenvalue weighted by Gasteiger charge is 2.29. The van der Waals surface area contributed by atoms with Crippen molar-refractivity contribution >= 4 is 21.6 Å². The summed E-state index contributed by atoms with van der Waals surface area (Å²) >= 11 is 0. The van der Waals surface area contributed by atoms with Crippen LogP contribution in [0.2, 0.25) is 0 Å². The van der Waals surface area contributed by atoms with Gasteiger partial charge in [0.25, 0.3) is 5.91 Å². The third-order valence-corrected chi connectivity index (χ3v) is 8.05. The SMILES string of the molecule is CN(C1CCCCC1)S(=O)(=O)c1ccc(NC(=O)C[NH+]2CC[NH+](C)CC2)cc1. The molecule has 3 rings (SSSR count). The second-order valence-corrected chi connectivity index (χ2v) is 10.3. The first-order chi connectivity index (χ1) is 13.4. The van der Waals surface area contributed by atoms with Crippen LogP contribution in [0.4, 0.5) is 5.69 Å². The topological polar surface area (TPSA) is 75.4 Å². The number of hydrogen-bond donors (Lipinski definition) is 3. The highest BCUT2D eigenvalue weighted by Crippen LogP contribution is 2.26. The van der Waals surface area contributed by atoms with Crippen LogP contribution in [0, 0.1) is 0 Å². The molecule has 0 unspecified atom stereocenters. The summed E-state index contributed by atoms with van der Waals surface area (Å²) < 4.78 is 27.3. The average Bonchev–Trinajstić information content (AvgIpc) is 2.70. The van der Waals surface area contributed by atoms with E-state index < -0.39 is 10.0 Å². The van der Waals surface area contributed by atoms with Gasteiger partial charge >= 0.3 is 0 Å². The number of rotatable bonds is 6. The molecule has 1 aliphatic heterocycles. The predicted octanol–water partition coefficient (Wildman–Crippen LogP) is -1.01. The minimum absolute atomic E-state index is 0.0236. The fourth-order valence-corrected chi connectivity index (χ4v) is 5.57. The lowest BCUT2D eigenvalue weighted by Gasteiger charge is -2.30. The van der Waals surface area contributed by atoms with Crippen LogP contribution in [0.5, 0.6) is 0 Å². The Kier molecular flexibility index (Phi) is 7.09. The zero-order chi connectivity index (χ0) is 20.1. The van der Waals surface area contributed by atoms with Gasteiger partial charge in [-0.05, 0) is 37.1 Å². The molecular formula is C20H34N4O3S+2.